The molecule has 13 heteroatoms. The van der Waals surface area contributed by atoms with Crippen LogP contribution in [0.1, 0.15) is 36.8 Å². The molecule has 178 valence electrons. The van der Waals surface area contributed by atoms with Crippen LogP contribution in [0.25, 0.3) is 0 Å². The molecule has 0 aliphatic heterocycles. The molecule has 0 amide bonds. The van der Waals surface area contributed by atoms with Gasteiger partial charge in [0.2, 0.25) is 0 Å². The van der Waals surface area contributed by atoms with Crippen LogP contribution in [0, 0.1) is 4.91 Å². The van der Waals surface area contributed by atoms with Crippen molar-refractivity contribution in [3.05, 3.63) is 40.3 Å². The van der Waals surface area contributed by atoms with Gasteiger partial charge in [0.1, 0.15) is 6.61 Å². The van der Waals surface area contributed by atoms with Gasteiger partial charge in [0, 0.05) is 13.7 Å². The maximum absolute atomic E-state index is 12.8. The quantitative estimate of drug-likeness (QED) is 0.175. The van der Waals surface area contributed by atoms with Crippen LogP contribution < -0.4 is 0 Å². The van der Waals surface area contributed by atoms with E-state index in [1.807, 2.05) is 0 Å². The first-order valence-corrected chi connectivity index (χ1v) is 9.50. The fourth-order valence-electron chi connectivity index (χ4n) is 2.63. The number of nitrogens with zero attached hydrogens (tertiary/aromatic N) is 3. The topological polar surface area (TPSA) is 138 Å². The zero-order valence-corrected chi connectivity index (χ0v) is 17.2. The Morgan fingerprint density at radius 3 is 2.28 bits per heavy atom. The lowest BCUT2D eigenvalue weighted by Crippen LogP contribution is -2.40. The summed E-state index contributed by atoms with van der Waals surface area (Å²) in [4.78, 5) is 38.0. The number of unbranched alkanes of at least 4 members (excludes halogenated alkanes) is 1. The van der Waals surface area contributed by atoms with Crippen molar-refractivity contribution in [1.29, 1.82) is 0 Å². The van der Waals surface area contributed by atoms with Crippen LogP contribution >= 0.6 is 0 Å². The first-order valence-electron chi connectivity index (χ1n) is 9.50. The number of alkyl halides is 3. The van der Waals surface area contributed by atoms with Crippen LogP contribution in [-0.2, 0) is 25.3 Å². The Labute approximate surface area is 181 Å². The molecule has 32 heavy (non-hydrogen) atoms. The molecule has 0 aromatic heterocycles. The first kappa shape index (κ1) is 26.8. The second-order valence-corrected chi connectivity index (χ2v) is 6.59. The minimum absolute atomic E-state index is 0.308. The van der Waals surface area contributed by atoms with Gasteiger partial charge in [-0.25, -0.2) is 9.80 Å². The molecule has 1 aromatic carbocycles. The van der Waals surface area contributed by atoms with Gasteiger partial charge in [-0.3, -0.25) is 4.79 Å². The van der Waals surface area contributed by atoms with Crippen molar-refractivity contribution in [3.8, 4) is 0 Å². The Morgan fingerprint density at radius 2 is 1.78 bits per heavy atom. The van der Waals surface area contributed by atoms with Gasteiger partial charge in [0.25, 0.3) is 0 Å². The molecule has 1 aromatic rings. The molecule has 0 aliphatic carbocycles. The number of carboxylic acids is 2. The van der Waals surface area contributed by atoms with E-state index in [-0.39, 0.29) is 13.2 Å². The number of nitroso groups, excluding NO2 is 1. The average molecular weight is 463 g/mol. The van der Waals surface area contributed by atoms with E-state index < -0.39 is 36.1 Å². The molecule has 0 radical (unpaired) electrons. The third-order valence-corrected chi connectivity index (χ3v) is 4.26. The maximum Gasteiger partial charge on any atom is 0.416 e. The summed E-state index contributed by atoms with van der Waals surface area (Å²) in [6.07, 6.45) is -3.68. The summed E-state index contributed by atoms with van der Waals surface area (Å²) in [6, 6.07) is 2.67. The second kappa shape index (κ2) is 13.2. The molecule has 1 rings (SSSR count). The predicted molar refractivity (Wildman–Crippen MR) is 106 cm³/mol. The molecule has 1 unspecified atom stereocenters. The number of methoxy groups -OCH3 is 1. The number of oxime groups is 1. The van der Waals surface area contributed by atoms with Crippen LogP contribution in [0.5, 0.6) is 0 Å². The highest BCUT2D eigenvalue weighted by Crippen LogP contribution is 2.29. The van der Waals surface area contributed by atoms with E-state index in [1.54, 1.807) is 0 Å². The number of hydrogen-bond acceptors (Lipinski definition) is 7. The van der Waals surface area contributed by atoms with Crippen LogP contribution in [-0.4, -0.2) is 65.8 Å². The third-order valence-electron chi connectivity index (χ3n) is 4.26. The van der Waals surface area contributed by atoms with Crippen molar-refractivity contribution >= 4 is 17.7 Å². The van der Waals surface area contributed by atoms with Gasteiger partial charge in [0.05, 0.1) is 29.5 Å². The van der Waals surface area contributed by atoms with E-state index in [0.717, 1.165) is 12.1 Å². The lowest BCUT2D eigenvalue weighted by Gasteiger charge is -2.20. The lowest BCUT2D eigenvalue weighted by atomic mass is 10.0. The monoisotopic (exact) mass is 463 g/mol. The molecule has 0 heterocycles. The van der Waals surface area contributed by atoms with Crippen LogP contribution in [0.3, 0.4) is 0 Å². The van der Waals surface area contributed by atoms with Crippen LogP contribution in [0.4, 0.5) is 13.2 Å². The Bertz CT molecular complexity index is 785. The van der Waals surface area contributed by atoms with Crippen molar-refractivity contribution < 1.29 is 42.5 Å². The summed E-state index contributed by atoms with van der Waals surface area (Å²) in [5.41, 5.74) is -0.0671. The summed E-state index contributed by atoms with van der Waals surface area (Å²) in [5, 5.41) is 24.8. The van der Waals surface area contributed by atoms with E-state index in [2.05, 4.69) is 10.4 Å². The van der Waals surface area contributed by atoms with Crippen molar-refractivity contribution in [2.75, 3.05) is 26.9 Å². The minimum atomic E-state index is -4.48. The smallest absolute Gasteiger partial charge is 0.416 e. The normalized spacial score (nSPS) is 12.8. The highest BCUT2D eigenvalue weighted by Gasteiger charge is 2.30. The lowest BCUT2D eigenvalue weighted by molar-refractivity contribution is -0.150. The summed E-state index contributed by atoms with van der Waals surface area (Å²) in [7, 11) is 1.54. The Hall–Kier alpha value is -3.22. The number of benzene rings is 1. The molecular formula is C19H24F3N3O7. The third kappa shape index (κ3) is 9.29. The number of carboxylic acid groups (broad SMARTS) is 2. The number of aliphatic carboxylic acids is 2. The number of hydrogen-bond donors (Lipinski definition) is 2. The Morgan fingerprint density at radius 1 is 1.12 bits per heavy atom. The largest absolute Gasteiger partial charge is 0.481 e. The molecule has 0 bridgehead atoms. The van der Waals surface area contributed by atoms with E-state index in [9.17, 15) is 27.7 Å². The molecule has 0 aliphatic rings. The second-order valence-electron chi connectivity index (χ2n) is 6.59. The van der Waals surface area contributed by atoms with Crippen molar-refractivity contribution in [2.24, 2.45) is 10.4 Å². The standard InChI is InChI=1S/C19H24F3N3O7/c1-31-10-3-2-4-15(13-5-7-14(8-6-13)19(20,21)22)23-32-11-9-25(24-30)16(18(28)29)12-17(26)27/h5-8,16H,2-4,9-12H2,1H3,(H,26,27)(H,28,29)/b23-15+. The molecule has 2 N–H and O–H groups in total. The fourth-order valence-corrected chi connectivity index (χ4v) is 2.63. The van der Waals surface area contributed by atoms with E-state index >= 15 is 0 Å². The SMILES string of the molecule is COCCCC/C(=N\OCCN(N=O)C(CC(=O)O)C(=O)O)c1ccc(C(F)(F)F)cc1. The van der Waals surface area contributed by atoms with Gasteiger partial charge in [0.15, 0.2) is 6.04 Å². The number of halogens is 3. The molecule has 0 spiro atoms. The van der Waals surface area contributed by atoms with Gasteiger partial charge in [-0.1, -0.05) is 17.3 Å². The van der Waals surface area contributed by atoms with Crippen molar-refractivity contribution in [3.63, 3.8) is 0 Å². The molecule has 0 saturated carbocycles. The molecule has 10 nitrogen and oxygen atoms in total. The zero-order chi connectivity index (χ0) is 24.1. The van der Waals surface area contributed by atoms with Gasteiger partial charge < -0.3 is 19.8 Å². The summed E-state index contributed by atoms with van der Waals surface area (Å²) in [5.74, 6) is -2.97. The minimum Gasteiger partial charge on any atom is -0.481 e. The first-order chi connectivity index (χ1) is 15.1. The Balaban J connectivity index is 2.86. The predicted octanol–water partition coefficient (Wildman–Crippen LogP) is 3.15. The number of ether oxygens (including phenoxy) is 1. The maximum atomic E-state index is 12.8. The van der Waals surface area contributed by atoms with Crippen LogP contribution in [0.2, 0.25) is 0 Å². The molecule has 0 saturated heterocycles. The van der Waals surface area contributed by atoms with Gasteiger partial charge in [-0.05, 0) is 37.0 Å². The highest BCUT2D eigenvalue weighted by atomic mass is 19.4. The van der Waals surface area contributed by atoms with Crippen LogP contribution in [0.15, 0.2) is 34.7 Å². The average Bonchev–Trinajstić information content (AvgIpc) is 2.73. The van der Waals surface area contributed by atoms with Crippen molar-refractivity contribution in [2.45, 2.75) is 37.9 Å². The van der Waals surface area contributed by atoms with Gasteiger partial charge >= 0.3 is 18.1 Å². The zero-order valence-electron chi connectivity index (χ0n) is 17.2. The van der Waals surface area contributed by atoms with E-state index in [1.165, 1.54) is 19.2 Å². The Kier molecular flexibility index (Phi) is 11.1. The molecular weight excluding hydrogens is 439 g/mol. The highest BCUT2D eigenvalue weighted by molar-refractivity contribution is 6.00. The van der Waals surface area contributed by atoms with E-state index in [0.29, 0.717) is 42.2 Å². The number of rotatable bonds is 15. The van der Waals surface area contributed by atoms with Gasteiger partial charge in [-0.2, -0.15) is 13.2 Å². The number of carbonyl (C=O) groups is 2. The van der Waals surface area contributed by atoms with Gasteiger partial charge in [-0.15, -0.1) is 4.91 Å². The molecule has 1 atom stereocenters. The summed E-state index contributed by atoms with van der Waals surface area (Å²) in [6.45, 7) is -0.181. The summed E-state index contributed by atoms with van der Waals surface area (Å²) < 4.78 is 43.3. The fraction of sp³-hybridized carbons (Fsp3) is 0.526. The summed E-state index contributed by atoms with van der Waals surface area (Å²) >= 11 is 0. The molecule has 0 fully saturated rings. The van der Waals surface area contributed by atoms with E-state index in [4.69, 9.17) is 19.8 Å². The van der Waals surface area contributed by atoms with Crippen molar-refractivity contribution in [1.82, 2.24) is 5.01 Å².